The van der Waals surface area contributed by atoms with Crippen LogP contribution in [0.5, 0.6) is 17.5 Å². The average molecular weight is 272 g/mol. The van der Waals surface area contributed by atoms with E-state index in [2.05, 4.69) is 9.97 Å². The zero-order valence-electron chi connectivity index (χ0n) is 9.18. The van der Waals surface area contributed by atoms with Gasteiger partial charge in [-0.25, -0.2) is 0 Å². The van der Waals surface area contributed by atoms with Crippen molar-refractivity contribution in [1.82, 2.24) is 9.97 Å². The Labute approximate surface area is 104 Å². The molecule has 5 nitrogen and oxygen atoms in total. The molecule has 0 aliphatic carbocycles. The minimum Gasteiger partial charge on any atom is -0.499 e. The molecule has 0 unspecified atom stereocenters. The van der Waals surface area contributed by atoms with Crippen LogP contribution in [0.2, 0.25) is 0 Å². The first-order valence-corrected chi connectivity index (χ1v) is 4.96. The lowest BCUT2D eigenvalue weighted by Gasteiger charge is -2.12. The summed E-state index contributed by atoms with van der Waals surface area (Å²) in [6.45, 7) is 0. The maximum Gasteiger partial charge on any atom is 0.417 e. The van der Waals surface area contributed by atoms with Crippen molar-refractivity contribution in [1.29, 1.82) is 0 Å². The number of halogens is 3. The van der Waals surface area contributed by atoms with Gasteiger partial charge in [-0.2, -0.15) is 23.1 Å². The van der Waals surface area contributed by atoms with Gasteiger partial charge in [0.1, 0.15) is 0 Å². The van der Waals surface area contributed by atoms with Crippen LogP contribution in [0.3, 0.4) is 0 Å². The molecule has 0 saturated heterocycles. The van der Waals surface area contributed by atoms with Crippen LogP contribution >= 0.6 is 0 Å². The van der Waals surface area contributed by atoms with Gasteiger partial charge in [-0.05, 0) is 6.07 Å². The van der Waals surface area contributed by atoms with E-state index in [1.807, 2.05) is 0 Å². The molecule has 19 heavy (non-hydrogen) atoms. The molecule has 1 heterocycles. The second kappa shape index (κ2) is 4.30. The lowest BCUT2D eigenvalue weighted by Crippen LogP contribution is -2.08. The molecule has 1 aromatic heterocycles. The summed E-state index contributed by atoms with van der Waals surface area (Å²) in [6, 6.07) is 4.43. The summed E-state index contributed by atoms with van der Waals surface area (Å²) in [6.07, 6.45) is -4.64. The van der Waals surface area contributed by atoms with Crippen LogP contribution in [-0.2, 0) is 6.18 Å². The van der Waals surface area contributed by atoms with E-state index in [4.69, 9.17) is 5.11 Å². The third-order valence-corrected chi connectivity index (χ3v) is 2.32. The van der Waals surface area contributed by atoms with Gasteiger partial charge >= 0.3 is 6.18 Å². The first kappa shape index (κ1) is 12.9. The van der Waals surface area contributed by atoms with Gasteiger partial charge < -0.3 is 15.3 Å². The maximum atomic E-state index is 12.8. The molecule has 0 bridgehead atoms. The summed E-state index contributed by atoms with van der Waals surface area (Å²) >= 11 is 0. The average Bonchev–Trinajstić information content (AvgIpc) is 2.34. The van der Waals surface area contributed by atoms with Gasteiger partial charge in [0.05, 0.1) is 5.56 Å². The number of hydrogen-bond acceptors (Lipinski definition) is 5. The smallest absolute Gasteiger partial charge is 0.417 e. The van der Waals surface area contributed by atoms with Gasteiger partial charge in [-0.1, -0.05) is 18.2 Å². The van der Waals surface area contributed by atoms with E-state index in [-0.39, 0.29) is 0 Å². The molecule has 0 amide bonds. The maximum absolute atomic E-state index is 12.8. The molecule has 0 aliphatic heterocycles. The lowest BCUT2D eigenvalue weighted by atomic mass is 10.1. The molecule has 8 heteroatoms. The van der Waals surface area contributed by atoms with Crippen LogP contribution in [0, 0.1) is 0 Å². The highest BCUT2D eigenvalue weighted by atomic mass is 19.4. The van der Waals surface area contributed by atoms with Gasteiger partial charge in [0, 0.05) is 5.56 Å². The molecule has 100 valence electrons. The molecule has 1 aromatic carbocycles. The van der Waals surface area contributed by atoms with E-state index in [1.54, 1.807) is 0 Å². The van der Waals surface area contributed by atoms with E-state index in [1.165, 1.54) is 12.1 Å². The number of nitrogens with zero attached hydrogens (tertiary/aromatic N) is 2. The van der Waals surface area contributed by atoms with E-state index in [9.17, 15) is 23.4 Å². The molecule has 2 rings (SSSR count). The monoisotopic (exact) mass is 272 g/mol. The summed E-state index contributed by atoms with van der Waals surface area (Å²) in [5, 5.41) is 27.4. The van der Waals surface area contributed by atoms with E-state index in [0.717, 1.165) is 12.1 Å². The highest BCUT2D eigenvalue weighted by molar-refractivity contribution is 5.63. The van der Waals surface area contributed by atoms with Crippen molar-refractivity contribution in [2.75, 3.05) is 0 Å². The van der Waals surface area contributed by atoms with Crippen LogP contribution in [0.1, 0.15) is 5.56 Å². The highest BCUT2D eigenvalue weighted by Crippen LogP contribution is 2.38. The van der Waals surface area contributed by atoms with Gasteiger partial charge in [0.25, 0.3) is 11.8 Å². The largest absolute Gasteiger partial charge is 0.499 e. The lowest BCUT2D eigenvalue weighted by molar-refractivity contribution is -0.137. The first-order valence-electron chi connectivity index (χ1n) is 4.96. The summed E-state index contributed by atoms with van der Waals surface area (Å²) in [7, 11) is 0. The zero-order chi connectivity index (χ0) is 14.2. The number of alkyl halides is 3. The first-order chi connectivity index (χ1) is 8.80. The molecule has 0 fully saturated rings. The molecule has 2 aromatic rings. The third-order valence-electron chi connectivity index (χ3n) is 2.32. The quantitative estimate of drug-likeness (QED) is 0.741. The van der Waals surface area contributed by atoms with Crippen LogP contribution in [0.4, 0.5) is 13.2 Å². The van der Waals surface area contributed by atoms with Crippen molar-refractivity contribution in [3.8, 4) is 28.9 Å². The minimum atomic E-state index is -4.64. The Kier molecular flexibility index (Phi) is 2.93. The molecular weight excluding hydrogens is 265 g/mol. The van der Waals surface area contributed by atoms with E-state index >= 15 is 0 Å². The normalized spacial score (nSPS) is 11.5. The Morgan fingerprint density at radius 2 is 1.42 bits per heavy atom. The second-order valence-electron chi connectivity index (χ2n) is 3.59. The number of aromatic nitrogens is 2. The van der Waals surface area contributed by atoms with Crippen LogP contribution in [0.15, 0.2) is 24.3 Å². The minimum absolute atomic E-state index is 0.416. The van der Waals surface area contributed by atoms with Crippen LogP contribution in [-0.4, -0.2) is 25.3 Å². The molecule has 3 N–H and O–H groups in total. The molecule has 0 aliphatic rings. The molecule has 0 saturated carbocycles. The number of rotatable bonds is 1. The van der Waals surface area contributed by atoms with E-state index < -0.39 is 40.6 Å². The summed E-state index contributed by atoms with van der Waals surface area (Å²) in [5.41, 5.74) is -1.43. The fourth-order valence-corrected chi connectivity index (χ4v) is 1.48. The summed E-state index contributed by atoms with van der Waals surface area (Å²) in [4.78, 5) is 6.62. The standard InChI is InChI=1S/C11H7F3N2O3/c12-11(13,14)6-4-2-1-3-5(6)8-15-9(18)7(17)10(19)16-8/h1-4,17H,(H2,15,16,18,19). The molecular formula is C11H7F3N2O3. The third kappa shape index (κ3) is 2.37. The predicted octanol–water partition coefficient (Wildman–Crippen LogP) is 2.28. The van der Waals surface area contributed by atoms with Gasteiger partial charge in [-0.3, -0.25) is 0 Å². The highest BCUT2D eigenvalue weighted by Gasteiger charge is 2.34. The van der Waals surface area contributed by atoms with Crippen molar-refractivity contribution >= 4 is 0 Å². The van der Waals surface area contributed by atoms with Crippen LogP contribution in [0.25, 0.3) is 11.4 Å². The van der Waals surface area contributed by atoms with Crippen molar-refractivity contribution in [2.24, 2.45) is 0 Å². The number of benzene rings is 1. The van der Waals surface area contributed by atoms with Gasteiger partial charge in [0.15, 0.2) is 5.82 Å². The summed E-state index contributed by atoms with van der Waals surface area (Å²) in [5.74, 6) is -3.53. The predicted molar refractivity (Wildman–Crippen MR) is 57.5 cm³/mol. The number of hydrogen-bond donors (Lipinski definition) is 3. The second-order valence-corrected chi connectivity index (χ2v) is 3.59. The van der Waals surface area contributed by atoms with Crippen molar-refractivity contribution in [3.63, 3.8) is 0 Å². The Hall–Kier alpha value is -2.51. The zero-order valence-corrected chi connectivity index (χ0v) is 9.18. The Balaban J connectivity index is 2.67. The van der Waals surface area contributed by atoms with Crippen molar-refractivity contribution in [3.05, 3.63) is 29.8 Å². The fourth-order valence-electron chi connectivity index (χ4n) is 1.48. The van der Waals surface area contributed by atoms with E-state index in [0.29, 0.717) is 0 Å². The fraction of sp³-hybridized carbons (Fsp3) is 0.0909. The van der Waals surface area contributed by atoms with Crippen molar-refractivity contribution in [2.45, 2.75) is 6.18 Å². The Morgan fingerprint density at radius 3 is 1.95 bits per heavy atom. The molecule has 0 radical (unpaired) electrons. The van der Waals surface area contributed by atoms with Gasteiger partial charge in [0.2, 0.25) is 5.75 Å². The molecule has 0 spiro atoms. The Morgan fingerprint density at radius 1 is 0.895 bits per heavy atom. The Bertz CT molecular complexity index is 606. The number of aromatic hydroxyl groups is 3. The summed E-state index contributed by atoms with van der Waals surface area (Å²) < 4.78 is 38.4. The van der Waals surface area contributed by atoms with Crippen LogP contribution < -0.4 is 0 Å². The molecule has 0 atom stereocenters. The van der Waals surface area contributed by atoms with Gasteiger partial charge in [-0.15, -0.1) is 0 Å². The SMILES string of the molecule is Oc1nc(-c2ccccc2C(F)(F)F)nc(O)c1O. The topological polar surface area (TPSA) is 86.5 Å². The van der Waals surface area contributed by atoms with Crippen molar-refractivity contribution < 1.29 is 28.5 Å².